The van der Waals surface area contributed by atoms with Crippen LogP contribution in [0.15, 0.2) is 0 Å². The summed E-state index contributed by atoms with van der Waals surface area (Å²) in [5.74, 6) is 0. The molecule has 15 heavy (non-hydrogen) atoms. The Morgan fingerprint density at radius 2 is 2.27 bits per heavy atom. The summed E-state index contributed by atoms with van der Waals surface area (Å²) in [4.78, 5) is 2.49. The van der Waals surface area contributed by atoms with Crippen LogP contribution in [0.3, 0.4) is 0 Å². The number of rotatable bonds is 2. The van der Waals surface area contributed by atoms with Gasteiger partial charge in [-0.25, -0.2) is 0 Å². The topological polar surface area (TPSA) is 47.7 Å². The van der Waals surface area contributed by atoms with E-state index in [9.17, 15) is 0 Å². The van der Waals surface area contributed by atoms with E-state index < -0.39 is 0 Å². The fraction of sp³-hybridized carbons (Fsp3) is 1.00. The van der Waals surface area contributed by atoms with Crippen LogP contribution in [-0.2, 0) is 9.47 Å². The van der Waals surface area contributed by atoms with Crippen molar-refractivity contribution < 1.29 is 9.47 Å². The van der Waals surface area contributed by atoms with E-state index in [-0.39, 0.29) is 5.54 Å². The molecule has 2 aliphatic rings. The van der Waals surface area contributed by atoms with Gasteiger partial charge in [0.05, 0.1) is 24.9 Å². The average molecular weight is 214 g/mol. The lowest BCUT2D eigenvalue weighted by Crippen LogP contribution is -2.62. The van der Waals surface area contributed by atoms with Crippen LogP contribution in [0.5, 0.6) is 0 Å². The predicted molar refractivity (Wildman–Crippen MR) is 58.8 cm³/mol. The Bertz CT molecular complexity index is 217. The van der Waals surface area contributed by atoms with E-state index in [2.05, 4.69) is 18.7 Å². The van der Waals surface area contributed by atoms with Crippen molar-refractivity contribution in [3.05, 3.63) is 0 Å². The molecule has 3 unspecified atom stereocenters. The van der Waals surface area contributed by atoms with Gasteiger partial charge < -0.3 is 15.2 Å². The summed E-state index contributed by atoms with van der Waals surface area (Å²) >= 11 is 0. The molecule has 0 spiro atoms. The van der Waals surface area contributed by atoms with Crippen LogP contribution in [0.2, 0.25) is 0 Å². The van der Waals surface area contributed by atoms with E-state index in [4.69, 9.17) is 15.2 Å². The predicted octanol–water partition coefficient (Wildman–Crippen LogP) is 0.213. The van der Waals surface area contributed by atoms with Crippen LogP contribution in [-0.4, -0.2) is 55.5 Å². The minimum atomic E-state index is 0.0669. The lowest BCUT2D eigenvalue weighted by atomic mass is 9.93. The Morgan fingerprint density at radius 3 is 2.87 bits per heavy atom. The molecule has 4 nitrogen and oxygen atoms in total. The highest BCUT2D eigenvalue weighted by molar-refractivity contribution is 4.98. The quantitative estimate of drug-likeness (QED) is 0.714. The second-order valence-electron chi connectivity index (χ2n) is 4.88. The first-order valence-electron chi connectivity index (χ1n) is 5.84. The highest BCUT2D eigenvalue weighted by Crippen LogP contribution is 2.29. The zero-order valence-corrected chi connectivity index (χ0v) is 9.74. The number of nitrogens with zero attached hydrogens (tertiary/aromatic N) is 1. The molecule has 0 aromatic rings. The highest BCUT2D eigenvalue weighted by atomic mass is 16.5. The first kappa shape index (κ1) is 11.3. The first-order valence-corrected chi connectivity index (χ1v) is 5.84. The number of nitrogens with two attached hydrogens (primary N) is 1. The average Bonchev–Trinajstić information content (AvgIpc) is 2.71. The smallest absolute Gasteiger partial charge is 0.0675 e. The van der Waals surface area contributed by atoms with Crippen LogP contribution in [0.4, 0.5) is 0 Å². The van der Waals surface area contributed by atoms with Crippen molar-refractivity contribution in [3.8, 4) is 0 Å². The number of hydrogen-bond acceptors (Lipinski definition) is 4. The molecule has 0 saturated carbocycles. The SMILES string of the molecule is CC1CN(C2(CN)CCOC2)C(C)CO1. The maximum absolute atomic E-state index is 5.94. The Labute approximate surface area is 91.7 Å². The van der Waals surface area contributed by atoms with Gasteiger partial charge in [0.15, 0.2) is 0 Å². The van der Waals surface area contributed by atoms with Gasteiger partial charge in [-0.15, -0.1) is 0 Å². The lowest BCUT2D eigenvalue weighted by Gasteiger charge is -2.47. The van der Waals surface area contributed by atoms with Crippen molar-refractivity contribution in [2.24, 2.45) is 5.73 Å². The van der Waals surface area contributed by atoms with E-state index in [1.54, 1.807) is 0 Å². The Balaban J connectivity index is 2.11. The van der Waals surface area contributed by atoms with Crippen molar-refractivity contribution in [1.29, 1.82) is 0 Å². The standard InChI is InChI=1S/C11H22N2O2/c1-9-6-15-10(2)5-13(9)11(7-12)3-4-14-8-11/h9-10H,3-8,12H2,1-2H3. The highest BCUT2D eigenvalue weighted by Gasteiger charge is 2.43. The molecule has 0 aromatic heterocycles. The largest absolute Gasteiger partial charge is 0.379 e. The third-order valence-electron chi connectivity index (χ3n) is 3.68. The summed E-state index contributed by atoms with van der Waals surface area (Å²) < 4.78 is 11.2. The molecule has 0 aliphatic carbocycles. The van der Waals surface area contributed by atoms with Gasteiger partial charge in [0.1, 0.15) is 0 Å². The van der Waals surface area contributed by atoms with Crippen LogP contribution >= 0.6 is 0 Å². The fourth-order valence-corrected chi connectivity index (χ4v) is 2.67. The molecule has 2 rings (SSSR count). The molecule has 4 heteroatoms. The van der Waals surface area contributed by atoms with E-state index in [1.807, 2.05) is 0 Å². The van der Waals surface area contributed by atoms with Crippen LogP contribution in [0, 0.1) is 0 Å². The molecule has 0 amide bonds. The molecule has 0 aromatic carbocycles. The van der Waals surface area contributed by atoms with Gasteiger partial charge >= 0.3 is 0 Å². The van der Waals surface area contributed by atoms with Crippen LogP contribution in [0.1, 0.15) is 20.3 Å². The molecule has 2 aliphatic heterocycles. The van der Waals surface area contributed by atoms with Crippen molar-refractivity contribution in [2.75, 3.05) is 32.9 Å². The summed E-state index contributed by atoms with van der Waals surface area (Å²) in [6, 6.07) is 0.450. The maximum Gasteiger partial charge on any atom is 0.0675 e. The van der Waals surface area contributed by atoms with Crippen LogP contribution < -0.4 is 5.73 Å². The van der Waals surface area contributed by atoms with Gasteiger partial charge in [-0.2, -0.15) is 0 Å². The van der Waals surface area contributed by atoms with Crippen molar-refractivity contribution >= 4 is 0 Å². The summed E-state index contributed by atoms with van der Waals surface area (Å²) in [7, 11) is 0. The number of ether oxygens (including phenoxy) is 2. The molecule has 2 heterocycles. The normalized spacial score (nSPS) is 43.4. The molecule has 0 radical (unpaired) electrons. The van der Waals surface area contributed by atoms with Gasteiger partial charge in [-0.3, -0.25) is 4.90 Å². The van der Waals surface area contributed by atoms with Gasteiger partial charge in [0.2, 0.25) is 0 Å². The fourth-order valence-electron chi connectivity index (χ4n) is 2.67. The molecular formula is C11H22N2O2. The molecule has 3 atom stereocenters. The Morgan fingerprint density at radius 1 is 1.47 bits per heavy atom. The number of morpholine rings is 1. The maximum atomic E-state index is 5.94. The zero-order valence-electron chi connectivity index (χ0n) is 9.74. The molecule has 2 saturated heterocycles. The van der Waals surface area contributed by atoms with E-state index >= 15 is 0 Å². The van der Waals surface area contributed by atoms with Gasteiger partial charge in [-0.1, -0.05) is 0 Å². The lowest BCUT2D eigenvalue weighted by molar-refractivity contribution is -0.0932. The third-order valence-corrected chi connectivity index (χ3v) is 3.68. The van der Waals surface area contributed by atoms with E-state index in [0.29, 0.717) is 18.7 Å². The molecule has 88 valence electrons. The Kier molecular flexibility index (Phi) is 3.30. The first-order chi connectivity index (χ1) is 7.18. The molecular weight excluding hydrogens is 192 g/mol. The minimum absolute atomic E-state index is 0.0669. The zero-order chi connectivity index (χ0) is 10.9. The monoisotopic (exact) mass is 214 g/mol. The third kappa shape index (κ3) is 2.04. The van der Waals surface area contributed by atoms with Gasteiger partial charge in [-0.05, 0) is 20.3 Å². The second-order valence-corrected chi connectivity index (χ2v) is 4.88. The van der Waals surface area contributed by atoms with E-state index in [1.165, 1.54) is 0 Å². The molecule has 2 fully saturated rings. The summed E-state index contributed by atoms with van der Waals surface area (Å²) in [5.41, 5.74) is 6.01. The summed E-state index contributed by atoms with van der Waals surface area (Å²) in [6.07, 6.45) is 1.37. The van der Waals surface area contributed by atoms with Crippen molar-refractivity contribution in [2.45, 2.75) is 38.0 Å². The van der Waals surface area contributed by atoms with Gasteiger partial charge in [0, 0.05) is 25.7 Å². The van der Waals surface area contributed by atoms with E-state index in [0.717, 1.165) is 32.8 Å². The Hall–Kier alpha value is -0.160. The van der Waals surface area contributed by atoms with Crippen molar-refractivity contribution in [1.82, 2.24) is 4.90 Å². The van der Waals surface area contributed by atoms with Gasteiger partial charge in [0.25, 0.3) is 0 Å². The van der Waals surface area contributed by atoms with Crippen LogP contribution in [0.25, 0.3) is 0 Å². The minimum Gasteiger partial charge on any atom is -0.379 e. The second kappa shape index (κ2) is 4.37. The molecule has 2 N–H and O–H groups in total. The summed E-state index contributed by atoms with van der Waals surface area (Å²) in [5, 5.41) is 0. The summed E-state index contributed by atoms with van der Waals surface area (Å²) in [6.45, 7) is 8.42. The van der Waals surface area contributed by atoms with Crippen molar-refractivity contribution in [3.63, 3.8) is 0 Å². The number of hydrogen-bond donors (Lipinski definition) is 1. The molecule has 0 bridgehead atoms.